The Balaban J connectivity index is 1.71. The molecule has 1 aliphatic heterocycles. The predicted molar refractivity (Wildman–Crippen MR) is 107 cm³/mol. The van der Waals surface area contributed by atoms with Gasteiger partial charge in [0.1, 0.15) is 5.82 Å². The minimum atomic E-state index is 0.0785. The van der Waals surface area contributed by atoms with Gasteiger partial charge in [-0.15, -0.1) is 0 Å². The fourth-order valence-corrected chi connectivity index (χ4v) is 3.33. The van der Waals surface area contributed by atoms with Gasteiger partial charge in [-0.3, -0.25) is 0 Å². The summed E-state index contributed by atoms with van der Waals surface area (Å²) in [6.07, 6.45) is 3.77. The number of hydrogen-bond acceptors (Lipinski definition) is 6. The Morgan fingerprint density at radius 3 is 2.63 bits per heavy atom. The van der Waals surface area contributed by atoms with Gasteiger partial charge in [-0.1, -0.05) is 0 Å². The lowest BCUT2D eigenvalue weighted by molar-refractivity contribution is 0.231. The molecule has 0 unspecified atom stereocenters. The molecule has 0 aliphatic carbocycles. The van der Waals surface area contributed by atoms with Crippen LogP contribution in [0.15, 0.2) is 30.6 Å². The van der Waals surface area contributed by atoms with Crippen LogP contribution < -0.4 is 9.64 Å². The lowest BCUT2D eigenvalue weighted by Crippen LogP contribution is -2.44. The van der Waals surface area contributed by atoms with Crippen LogP contribution in [0.25, 0.3) is 16.7 Å². The summed E-state index contributed by atoms with van der Waals surface area (Å²) in [5.74, 6) is 1.64. The Morgan fingerprint density at radius 2 is 1.89 bits per heavy atom. The number of pyridine rings is 2. The van der Waals surface area contributed by atoms with Crippen LogP contribution >= 0.6 is 0 Å². The van der Waals surface area contributed by atoms with E-state index in [0.29, 0.717) is 5.88 Å². The highest BCUT2D eigenvalue weighted by molar-refractivity contribution is 5.78. The fourth-order valence-electron chi connectivity index (χ4n) is 3.33. The molecule has 1 saturated heterocycles. The van der Waals surface area contributed by atoms with E-state index in [1.807, 2.05) is 43.9 Å². The van der Waals surface area contributed by atoms with E-state index in [1.165, 1.54) is 0 Å². The van der Waals surface area contributed by atoms with Crippen molar-refractivity contribution in [3.63, 3.8) is 0 Å². The van der Waals surface area contributed by atoms with Crippen molar-refractivity contribution in [1.29, 1.82) is 0 Å². The zero-order valence-corrected chi connectivity index (χ0v) is 16.4. The average molecular weight is 366 g/mol. The van der Waals surface area contributed by atoms with Crippen molar-refractivity contribution in [2.75, 3.05) is 38.1 Å². The van der Waals surface area contributed by atoms with E-state index in [4.69, 9.17) is 9.72 Å². The van der Waals surface area contributed by atoms with Gasteiger partial charge in [-0.25, -0.2) is 9.67 Å². The van der Waals surface area contributed by atoms with Gasteiger partial charge in [0.2, 0.25) is 5.88 Å². The second-order valence-corrected chi connectivity index (χ2v) is 7.41. The molecule has 4 rings (SSSR count). The van der Waals surface area contributed by atoms with Crippen LogP contribution in [-0.2, 0) is 0 Å². The standard InChI is InChI=1S/C20H26N6O/c1-14(2)27-20-15(3)11-16-13-22-26(19(16)23-20)17-5-6-21-18(12-17)25-9-7-24(4)8-10-25/h5-6,11-14H,7-10H2,1-4H3. The van der Waals surface area contributed by atoms with Crippen LogP contribution in [0.2, 0.25) is 0 Å². The lowest BCUT2D eigenvalue weighted by Gasteiger charge is -2.33. The monoisotopic (exact) mass is 366 g/mol. The Labute approximate surface area is 159 Å². The molecule has 0 aromatic carbocycles. The third-order valence-corrected chi connectivity index (χ3v) is 4.84. The molecule has 3 aromatic heterocycles. The zero-order chi connectivity index (χ0) is 19.0. The van der Waals surface area contributed by atoms with Crippen molar-refractivity contribution in [3.8, 4) is 11.6 Å². The minimum absolute atomic E-state index is 0.0785. The molecule has 0 amide bonds. The first-order chi connectivity index (χ1) is 13.0. The number of nitrogens with zero attached hydrogens (tertiary/aromatic N) is 6. The van der Waals surface area contributed by atoms with Crippen LogP contribution in [-0.4, -0.2) is 64.0 Å². The number of aryl methyl sites for hydroxylation is 1. The molecule has 3 aromatic rings. The second-order valence-electron chi connectivity index (χ2n) is 7.41. The molecule has 0 N–H and O–H groups in total. The number of aromatic nitrogens is 4. The smallest absolute Gasteiger partial charge is 0.218 e. The van der Waals surface area contributed by atoms with E-state index in [1.54, 1.807) is 0 Å². The summed E-state index contributed by atoms with van der Waals surface area (Å²) < 4.78 is 7.73. The van der Waals surface area contributed by atoms with Gasteiger partial charge >= 0.3 is 0 Å². The molecule has 142 valence electrons. The van der Waals surface area contributed by atoms with Crippen molar-refractivity contribution in [1.82, 2.24) is 24.6 Å². The summed E-state index contributed by atoms with van der Waals surface area (Å²) in [5.41, 5.74) is 2.77. The lowest BCUT2D eigenvalue weighted by atomic mass is 10.2. The first kappa shape index (κ1) is 17.7. The van der Waals surface area contributed by atoms with Crippen LogP contribution in [0, 0.1) is 6.92 Å². The minimum Gasteiger partial charge on any atom is -0.475 e. The van der Waals surface area contributed by atoms with Crippen molar-refractivity contribution in [2.45, 2.75) is 26.9 Å². The van der Waals surface area contributed by atoms with E-state index in [2.05, 4.69) is 39.1 Å². The maximum Gasteiger partial charge on any atom is 0.218 e. The maximum absolute atomic E-state index is 5.86. The molecule has 1 aliphatic rings. The van der Waals surface area contributed by atoms with Crippen LogP contribution in [0.5, 0.6) is 5.88 Å². The molecule has 27 heavy (non-hydrogen) atoms. The Bertz CT molecular complexity index is 943. The molecule has 7 heteroatoms. The second kappa shape index (κ2) is 7.15. The molecule has 0 bridgehead atoms. The normalized spacial score (nSPS) is 15.7. The average Bonchev–Trinajstić information content (AvgIpc) is 3.05. The molecule has 0 atom stereocenters. The number of likely N-dealkylation sites (N-methyl/N-ethyl adjacent to an activating group) is 1. The molecule has 0 spiro atoms. The van der Waals surface area contributed by atoms with Crippen molar-refractivity contribution >= 4 is 16.9 Å². The highest BCUT2D eigenvalue weighted by atomic mass is 16.5. The maximum atomic E-state index is 5.86. The largest absolute Gasteiger partial charge is 0.475 e. The summed E-state index contributed by atoms with van der Waals surface area (Å²) in [5, 5.41) is 5.57. The summed E-state index contributed by atoms with van der Waals surface area (Å²) >= 11 is 0. The van der Waals surface area contributed by atoms with Gasteiger partial charge in [0.05, 0.1) is 18.0 Å². The number of anilines is 1. The van der Waals surface area contributed by atoms with E-state index in [0.717, 1.165) is 54.3 Å². The quantitative estimate of drug-likeness (QED) is 0.708. The summed E-state index contributed by atoms with van der Waals surface area (Å²) in [7, 11) is 2.15. The number of rotatable bonds is 4. The van der Waals surface area contributed by atoms with Gasteiger partial charge in [0, 0.05) is 49.4 Å². The van der Waals surface area contributed by atoms with Gasteiger partial charge < -0.3 is 14.5 Å². The first-order valence-electron chi connectivity index (χ1n) is 9.43. The number of hydrogen-bond donors (Lipinski definition) is 0. The van der Waals surface area contributed by atoms with Crippen molar-refractivity contribution in [2.24, 2.45) is 0 Å². The van der Waals surface area contributed by atoms with E-state index in [-0.39, 0.29) is 6.10 Å². The Hall–Kier alpha value is -2.67. The Morgan fingerprint density at radius 1 is 1.11 bits per heavy atom. The molecule has 0 saturated carbocycles. The van der Waals surface area contributed by atoms with Crippen LogP contribution in [0.4, 0.5) is 5.82 Å². The third kappa shape index (κ3) is 3.60. The van der Waals surface area contributed by atoms with Gasteiger partial charge in [-0.05, 0) is 40.0 Å². The first-order valence-corrected chi connectivity index (χ1v) is 9.43. The number of piperazine rings is 1. The zero-order valence-electron chi connectivity index (χ0n) is 16.4. The van der Waals surface area contributed by atoms with Gasteiger partial charge in [0.25, 0.3) is 0 Å². The molecular weight excluding hydrogens is 340 g/mol. The highest BCUT2D eigenvalue weighted by Crippen LogP contribution is 2.25. The molecule has 0 radical (unpaired) electrons. The van der Waals surface area contributed by atoms with Crippen molar-refractivity contribution < 1.29 is 4.74 Å². The molecule has 4 heterocycles. The van der Waals surface area contributed by atoms with Gasteiger partial charge in [-0.2, -0.15) is 10.1 Å². The fraction of sp³-hybridized carbons (Fsp3) is 0.450. The number of ether oxygens (including phenoxy) is 1. The van der Waals surface area contributed by atoms with E-state index >= 15 is 0 Å². The topological polar surface area (TPSA) is 59.3 Å². The molecule has 1 fully saturated rings. The van der Waals surface area contributed by atoms with Crippen LogP contribution in [0.1, 0.15) is 19.4 Å². The number of fused-ring (bicyclic) bond motifs is 1. The SMILES string of the molecule is Cc1cc2cnn(-c3ccnc(N4CCN(C)CC4)c3)c2nc1OC(C)C. The summed E-state index contributed by atoms with van der Waals surface area (Å²) in [6, 6.07) is 6.13. The van der Waals surface area contributed by atoms with E-state index < -0.39 is 0 Å². The van der Waals surface area contributed by atoms with Crippen LogP contribution in [0.3, 0.4) is 0 Å². The molecular formula is C20H26N6O. The summed E-state index contributed by atoms with van der Waals surface area (Å²) in [4.78, 5) is 14.0. The van der Waals surface area contributed by atoms with Gasteiger partial charge in [0.15, 0.2) is 5.65 Å². The predicted octanol–water partition coefficient (Wildman–Crippen LogP) is 2.66. The third-order valence-electron chi connectivity index (χ3n) is 4.84. The Kier molecular flexibility index (Phi) is 4.70. The highest BCUT2D eigenvalue weighted by Gasteiger charge is 2.17. The van der Waals surface area contributed by atoms with Crippen molar-refractivity contribution in [3.05, 3.63) is 36.2 Å². The van der Waals surface area contributed by atoms with E-state index in [9.17, 15) is 0 Å². The molecule has 7 nitrogen and oxygen atoms in total. The summed E-state index contributed by atoms with van der Waals surface area (Å²) in [6.45, 7) is 10.1.